The summed E-state index contributed by atoms with van der Waals surface area (Å²) < 4.78 is 0. The number of nitrogens with zero attached hydrogens (tertiary/aromatic N) is 4. The van der Waals surface area contributed by atoms with E-state index in [1.807, 2.05) is 18.2 Å². The predicted molar refractivity (Wildman–Crippen MR) is 103 cm³/mol. The van der Waals surface area contributed by atoms with Crippen molar-refractivity contribution in [3.8, 4) is 0 Å². The van der Waals surface area contributed by atoms with E-state index < -0.39 is 12.1 Å². The van der Waals surface area contributed by atoms with Crippen molar-refractivity contribution in [1.82, 2.24) is 19.9 Å². The molecule has 1 aromatic carbocycles. The molecule has 0 aliphatic carbocycles. The standard InChI is InChI=1S/C19H18N6O3/c26-18(24-17-10-20-6-7-22-17)23-16-3-5-21-15-2-1-12(9-14(15)16)13-4-8-25(11-13)19(27)28/h1-3,5-7,9-10,13H,4,8,11H2,(H,27,28)(H2,21,22,23,24,26). The number of pyridine rings is 1. The van der Waals surface area contributed by atoms with E-state index >= 15 is 0 Å². The third-order valence-electron chi connectivity index (χ3n) is 4.75. The first-order chi connectivity index (χ1) is 13.6. The zero-order valence-electron chi connectivity index (χ0n) is 14.9. The van der Waals surface area contributed by atoms with Crippen LogP contribution in [0.15, 0.2) is 49.1 Å². The molecular weight excluding hydrogens is 360 g/mol. The number of likely N-dealkylation sites (tertiary alicyclic amines) is 1. The molecule has 0 radical (unpaired) electrons. The summed E-state index contributed by atoms with van der Waals surface area (Å²) in [5, 5.41) is 15.4. The Morgan fingerprint density at radius 1 is 1.11 bits per heavy atom. The first-order valence-electron chi connectivity index (χ1n) is 8.81. The zero-order valence-corrected chi connectivity index (χ0v) is 14.9. The number of urea groups is 1. The van der Waals surface area contributed by atoms with Crippen LogP contribution in [0.5, 0.6) is 0 Å². The minimum atomic E-state index is -0.895. The number of benzene rings is 1. The largest absolute Gasteiger partial charge is 0.465 e. The predicted octanol–water partition coefficient (Wildman–Crippen LogP) is 3.14. The number of aromatic nitrogens is 3. The number of fused-ring (bicyclic) bond motifs is 1. The monoisotopic (exact) mass is 378 g/mol. The van der Waals surface area contributed by atoms with Crippen LogP contribution in [0.4, 0.5) is 21.1 Å². The molecule has 1 atom stereocenters. The van der Waals surface area contributed by atoms with Crippen LogP contribution in [0.2, 0.25) is 0 Å². The highest BCUT2D eigenvalue weighted by molar-refractivity contribution is 6.05. The van der Waals surface area contributed by atoms with Gasteiger partial charge in [0.25, 0.3) is 0 Å². The molecule has 0 bridgehead atoms. The molecule has 1 unspecified atom stereocenters. The number of hydrogen-bond donors (Lipinski definition) is 3. The summed E-state index contributed by atoms with van der Waals surface area (Å²) in [7, 11) is 0. The third-order valence-corrected chi connectivity index (χ3v) is 4.75. The van der Waals surface area contributed by atoms with Crippen LogP contribution in [0.1, 0.15) is 17.9 Å². The van der Waals surface area contributed by atoms with Crippen LogP contribution in [0.25, 0.3) is 10.9 Å². The van der Waals surface area contributed by atoms with Gasteiger partial charge in [0.2, 0.25) is 0 Å². The molecule has 0 spiro atoms. The molecule has 9 nitrogen and oxygen atoms in total. The molecule has 1 aliphatic rings. The molecular formula is C19H18N6O3. The van der Waals surface area contributed by atoms with E-state index in [0.717, 1.165) is 22.9 Å². The van der Waals surface area contributed by atoms with Crippen molar-refractivity contribution in [2.45, 2.75) is 12.3 Å². The van der Waals surface area contributed by atoms with Gasteiger partial charge in [-0.15, -0.1) is 0 Å². The summed E-state index contributed by atoms with van der Waals surface area (Å²) in [4.78, 5) is 37.2. The molecule has 3 aromatic rings. The zero-order chi connectivity index (χ0) is 19.5. The number of nitrogens with one attached hydrogen (secondary N) is 2. The van der Waals surface area contributed by atoms with Crippen LogP contribution in [-0.2, 0) is 0 Å². The Morgan fingerprint density at radius 2 is 2.00 bits per heavy atom. The molecule has 3 heterocycles. The fourth-order valence-corrected chi connectivity index (χ4v) is 3.37. The fourth-order valence-electron chi connectivity index (χ4n) is 3.37. The summed E-state index contributed by atoms with van der Waals surface area (Å²) in [6, 6.07) is 7.11. The van der Waals surface area contributed by atoms with Crippen LogP contribution in [-0.4, -0.2) is 50.2 Å². The molecule has 142 valence electrons. The number of carbonyl (C=O) groups excluding carboxylic acids is 1. The van der Waals surface area contributed by atoms with Crippen molar-refractivity contribution in [1.29, 1.82) is 0 Å². The molecule has 3 amide bonds. The van der Waals surface area contributed by atoms with Crippen molar-refractivity contribution in [2.24, 2.45) is 0 Å². The van der Waals surface area contributed by atoms with Gasteiger partial charge < -0.3 is 15.3 Å². The number of carboxylic acid groups (broad SMARTS) is 1. The smallest absolute Gasteiger partial charge is 0.407 e. The number of carbonyl (C=O) groups is 2. The van der Waals surface area contributed by atoms with Gasteiger partial charge in [0.1, 0.15) is 0 Å². The van der Waals surface area contributed by atoms with Crippen molar-refractivity contribution >= 4 is 34.5 Å². The number of anilines is 2. The highest BCUT2D eigenvalue weighted by Gasteiger charge is 2.27. The second kappa shape index (κ2) is 7.47. The second-order valence-electron chi connectivity index (χ2n) is 6.52. The lowest BCUT2D eigenvalue weighted by molar-refractivity contribution is 0.155. The lowest BCUT2D eigenvalue weighted by Crippen LogP contribution is -2.26. The minimum absolute atomic E-state index is 0.127. The number of rotatable bonds is 3. The summed E-state index contributed by atoms with van der Waals surface area (Å²) in [6.45, 7) is 0.994. The van der Waals surface area contributed by atoms with Gasteiger partial charge in [-0.3, -0.25) is 15.3 Å². The van der Waals surface area contributed by atoms with Crippen molar-refractivity contribution in [2.75, 3.05) is 23.7 Å². The Labute approximate surface area is 160 Å². The van der Waals surface area contributed by atoms with E-state index in [4.69, 9.17) is 5.11 Å². The van der Waals surface area contributed by atoms with E-state index in [2.05, 4.69) is 25.6 Å². The fraction of sp³-hybridized carbons (Fsp3) is 0.211. The van der Waals surface area contributed by atoms with Gasteiger partial charge in [-0.05, 0) is 30.2 Å². The van der Waals surface area contributed by atoms with Crippen molar-refractivity contribution < 1.29 is 14.7 Å². The Kier molecular flexibility index (Phi) is 4.71. The van der Waals surface area contributed by atoms with Gasteiger partial charge in [-0.25, -0.2) is 14.6 Å². The van der Waals surface area contributed by atoms with Gasteiger partial charge >= 0.3 is 12.1 Å². The third kappa shape index (κ3) is 3.68. The molecule has 4 rings (SSSR count). The Hall–Kier alpha value is -3.75. The van der Waals surface area contributed by atoms with Gasteiger partial charge in [0.15, 0.2) is 5.82 Å². The topological polar surface area (TPSA) is 120 Å². The van der Waals surface area contributed by atoms with E-state index in [0.29, 0.717) is 24.6 Å². The van der Waals surface area contributed by atoms with Crippen LogP contribution in [0.3, 0.4) is 0 Å². The molecule has 1 fully saturated rings. The molecule has 9 heteroatoms. The van der Waals surface area contributed by atoms with E-state index in [1.165, 1.54) is 23.5 Å². The molecule has 1 saturated heterocycles. The molecule has 3 N–H and O–H groups in total. The average molecular weight is 378 g/mol. The SMILES string of the molecule is O=C(Nc1cnccn1)Nc1ccnc2ccc(C3CCN(C(=O)O)C3)cc12. The summed E-state index contributed by atoms with van der Waals surface area (Å²) in [5.41, 5.74) is 2.39. The first kappa shape index (κ1) is 17.7. The summed E-state index contributed by atoms with van der Waals surface area (Å²) in [5.74, 6) is 0.473. The van der Waals surface area contributed by atoms with Crippen molar-refractivity contribution in [3.05, 3.63) is 54.6 Å². The number of amides is 3. The van der Waals surface area contributed by atoms with Crippen LogP contribution < -0.4 is 10.6 Å². The van der Waals surface area contributed by atoms with E-state index in [1.54, 1.807) is 12.3 Å². The Morgan fingerprint density at radius 3 is 2.75 bits per heavy atom. The Bertz CT molecular complexity index is 1030. The van der Waals surface area contributed by atoms with Crippen molar-refractivity contribution in [3.63, 3.8) is 0 Å². The lowest BCUT2D eigenvalue weighted by Gasteiger charge is -2.14. The van der Waals surface area contributed by atoms with Gasteiger partial charge in [0.05, 0.1) is 17.4 Å². The highest BCUT2D eigenvalue weighted by Crippen LogP contribution is 2.31. The summed E-state index contributed by atoms with van der Waals surface area (Å²) >= 11 is 0. The molecule has 0 saturated carbocycles. The maximum atomic E-state index is 12.3. The molecule has 1 aliphatic heterocycles. The van der Waals surface area contributed by atoms with Gasteiger partial charge in [0, 0.05) is 43.0 Å². The molecule has 28 heavy (non-hydrogen) atoms. The average Bonchev–Trinajstić information content (AvgIpc) is 3.19. The summed E-state index contributed by atoms with van der Waals surface area (Å²) in [6.07, 6.45) is 5.97. The van der Waals surface area contributed by atoms with Crippen LogP contribution >= 0.6 is 0 Å². The quantitative estimate of drug-likeness (QED) is 0.644. The number of hydrogen-bond acceptors (Lipinski definition) is 5. The van der Waals surface area contributed by atoms with Gasteiger partial charge in [-0.1, -0.05) is 6.07 Å². The van der Waals surface area contributed by atoms with Crippen LogP contribution in [0, 0.1) is 0 Å². The van der Waals surface area contributed by atoms with Gasteiger partial charge in [-0.2, -0.15) is 0 Å². The molecule has 2 aromatic heterocycles. The lowest BCUT2D eigenvalue weighted by atomic mass is 9.96. The maximum Gasteiger partial charge on any atom is 0.407 e. The van der Waals surface area contributed by atoms with E-state index in [9.17, 15) is 9.59 Å². The first-order valence-corrected chi connectivity index (χ1v) is 8.81. The normalized spacial score (nSPS) is 16.1. The Balaban J connectivity index is 1.57. The highest BCUT2D eigenvalue weighted by atomic mass is 16.4. The minimum Gasteiger partial charge on any atom is -0.465 e. The second-order valence-corrected chi connectivity index (χ2v) is 6.52. The maximum absolute atomic E-state index is 12.3. The van der Waals surface area contributed by atoms with E-state index in [-0.39, 0.29) is 5.92 Å².